The zero-order valence-electron chi connectivity index (χ0n) is 9.89. The van der Waals surface area contributed by atoms with Crippen molar-refractivity contribution in [1.82, 2.24) is 5.32 Å². The second-order valence-electron chi connectivity index (χ2n) is 3.78. The standard InChI is InChI=1S/C14H11ClN2OS/c15-11-6-8-12(9-7-11)16-14(18)17-13(19)10-4-2-1-3-5-10/h1-9H,(H2,16,17,18,19). The molecule has 0 aliphatic heterocycles. The predicted molar refractivity (Wildman–Crippen MR) is 81.7 cm³/mol. The number of hydrogen-bond donors (Lipinski definition) is 2. The lowest BCUT2D eigenvalue weighted by molar-refractivity contribution is 0.256. The van der Waals surface area contributed by atoms with Crippen LogP contribution in [0.1, 0.15) is 5.56 Å². The minimum absolute atomic E-state index is 0.379. The maximum Gasteiger partial charge on any atom is 0.324 e. The topological polar surface area (TPSA) is 41.1 Å². The summed E-state index contributed by atoms with van der Waals surface area (Å²) in [5.74, 6) is 0. The van der Waals surface area contributed by atoms with E-state index in [1.165, 1.54) is 0 Å². The molecule has 0 fully saturated rings. The zero-order chi connectivity index (χ0) is 13.7. The van der Waals surface area contributed by atoms with Gasteiger partial charge in [-0.1, -0.05) is 54.2 Å². The zero-order valence-corrected chi connectivity index (χ0v) is 11.5. The minimum atomic E-state index is -0.379. The van der Waals surface area contributed by atoms with Crippen molar-refractivity contribution in [2.45, 2.75) is 0 Å². The molecule has 96 valence electrons. The summed E-state index contributed by atoms with van der Waals surface area (Å²) in [7, 11) is 0. The molecule has 0 aliphatic carbocycles. The molecule has 0 saturated heterocycles. The Balaban J connectivity index is 1.95. The van der Waals surface area contributed by atoms with Crippen molar-refractivity contribution < 1.29 is 4.79 Å². The molecule has 2 rings (SSSR count). The summed E-state index contributed by atoms with van der Waals surface area (Å²) < 4.78 is 0. The molecule has 5 heteroatoms. The monoisotopic (exact) mass is 290 g/mol. The molecule has 2 N–H and O–H groups in total. The van der Waals surface area contributed by atoms with Gasteiger partial charge in [0.25, 0.3) is 0 Å². The number of carbonyl (C=O) groups excluding carboxylic acids is 1. The Kier molecular flexibility index (Phi) is 4.49. The van der Waals surface area contributed by atoms with Crippen LogP contribution in [-0.4, -0.2) is 11.0 Å². The van der Waals surface area contributed by atoms with Crippen molar-refractivity contribution in [2.75, 3.05) is 5.32 Å². The largest absolute Gasteiger partial charge is 0.324 e. The molecule has 0 aromatic heterocycles. The normalized spacial score (nSPS) is 9.74. The summed E-state index contributed by atoms with van der Waals surface area (Å²) in [4.78, 5) is 12.1. The van der Waals surface area contributed by atoms with Gasteiger partial charge in [0.05, 0.1) is 0 Å². The van der Waals surface area contributed by atoms with Crippen molar-refractivity contribution in [3.05, 3.63) is 65.2 Å². The summed E-state index contributed by atoms with van der Waals surface area (Å²) >= 11 is 10.9. The van der Waals surface area contributed by atoms with Crippen molar-refractivity contribution in [2.24, 2.45) is 0 Å². The summed E-state index contributed by atoms with van der Waals surface area (Å²) in [5.41, 5.74) is 1.45. The van der Waals surface area contributed by atoms with Crippen LogP contribution in [0.25, 0.3) is 0 Å². The van der Waals surface area contributed by atoms with E-state index in [0.29, 0.717) is 15.7 Å². The van der Waals surface area contributed by atoms with Crippen LogP contribution in [0.5, 0.6) is 0 Å². The molecule has 0 unspecified atom stereocenters. The molecule has 2 amide bonds. The quantitative estimate of drug-likeness (QED) is 0.825. The number of carbonyl (C=O) groups is 1. The molecule has 0 spiro atoms. The molecule has 2 aromatic rings. The predicted octanol–water partition coefficient (Wildman–Crippen LogP) is 3.84. The molecular formula is C14H11ClN2OS. The molecule has 2 aromatic carbocycles. The van der Waals surface area contributed by atoms with Crippen LogP contribution in [0.2, 0.25) is 5.02 Å². The highest BCUT2D eigenvalue weighted by Crippen LogP contribution is 2.13. The van der Waals surface area contributed by atoms with Crippen LogP contribution in [0, 0.1) is 0 Å². The van der Waals surface area contributed by atoms with E-state index in [4.69, 9.17) is 23.8 Å². The van der Waals surface area contributed by atoms with Crippen LogP contribution in [-0.2, 0) is 0 Å². The second kappa shape index (κ2) is 6.31. The molecular weight excluding hydrogens is 280 g/mol. The first-order chi connectivity index (χ1) is 9.15. The first-order valence-corrected chi connectivity index (χ1v) is 6.37. The molecule has 0 saturated carbocycles. The number of nitrogens with one attached hydrogen (secondary N) is 2. The van der Waals surface area contributed by atoms with Gasteiger partial charge >= 0.3 is 6.03 Å². The third-order valence-electron chi connectivity index (χ3n) is 2.37. The molecule has 0 radical (unpaired) electrons. The van der Waals surface area contributed by atoms with Gasteiger partial charge in [0.2, 0.25) is 0 Å². The van der Waals surface area contributed by atoms with Crippen molar-refractivity contribution >= 4 is 40.5 Å². The van der Waals surface area contributed by atoms with Gasteiger partial charge in [0, 0.05) is 16.3 Å². The van der Waals surface area contributed by atoms with Gasteiger partial charge < -0.3 is 5.32 Å². The number of benzene rings is 2. The van der Waals surface area contributed by atoms with Gasteiger partial charge in [-0.05, 0) is 24.3 Å². The summed E-state index contributed by atoms with van der Waals surface area (Å²) in [6.45, 7) is 0. The van der Waals surface area contributed by atoms with E-state index < -0.39 is 0 Å². The van der Waals surface area contributed by atoms with Gasteiger partial charge in [-0.15, -0.1) is 0 Å². The Morgan fingerprint density at radius 2 is 1.63 bits per heavy atom. The van der Waals surface area contributed by atoms with E-state index in [9.17, 15) is 4.79 Å². The van der Waals surface area contributed by atoms with Gasteiger partial charge in [0.1, 0.15) is 4.99 Å². The first-order valence-electron chi connectivity index (χ1n) is 5.58. The molecule has 0 heterocycles. The lowest BCUT2D eigenvalue weighted by atomic mass is 10.2. The minimum Gasteiger partial charge on any atom is -0.308 e. The van der Waals surface area contributed by atoms with Gasteiger partial charge in [-0.2, -0.15) is 0 Å². The Morgan fingerprint density at radius 1 is 1.00 bits per heavy atom. The maximum absolute atomic E-state index is 11.7. The number of halogens is 1. The van der Waals surface area contributed by atoms with E-state index in [0.717, 1.165) is 5.56 Å². The number of rotatable bonds is 2. The Labute approximate surface area is 121 Å². The van der Waals surface area contributed by atoms with E-state index in [2.05, 4.69) is 10.6 Å². The lowest BCUT2D eigenvalue weighted by Crippen LogP contribution is -2.33. The fourth-order valence-corrected chi connectivity index (χ4v) is 1.82. The Hall–Kier alpha value is -1.91. The van der Waals surface area contributed by atoms with Crippen LogP contribution >= 0.6 is 23.8 Å². The van der Waals surface area contributed by atoms with Gasteiger partial charge in [0.15, 0.2) is 0 Å². The van der Waals surface area contributed by atoms with Crippen LogP contribution in [0.4, 0.5) is 10.5 Å². The van der Waals surface area contributed by atoms with Gasteiger partial charge in [-0.3, -0.25) is 5.32 Å². The van der Waals surface area contributed by atoms with E-state index >= 15 is 0 Å². The van der Waals surface area contributed by atoms with Crippen molar-refractivity contribution in [1.29, 1.82) is 0 Å². The molecule has 0 aliphatic rings. The smallest absolute Gasteiger partial charge is 0.308 e. The van der Waals surface area contributed by atoms with Crippen LogP contribution in [0.15, 0.2) is 54.6 Å². The van der Waals surface area contributed by atoms with E-state index in [-0.39, 0.29) is 6.03 Å². The Morgan fingerprint density at radius 3 is 2.26 bits per heavy atom. The molecule has 0 bridgehead atoms. The summed E-state index contributed by atoms with van der Waals surface area (Å²) in [6.07, 6.45) is 0. The summed E-state index contributed by atoms with van der Waals surface area (Å²) in [5, 5.41) is 5.90. The average molecular weight is 291 g/mol. The number of urea groups is 1. The van der Waals surface area contributed by atoms with Crippen molar-refractivity contribution in [3.63, 3.8) is 0 Å². The first kappa shape index (κ1) is 13.5. The highest BCUT2D eigenvalue weighted by molar-refractivity contribution is 7.80. The highest BCUT2D eigenvalue weighted by atomic mass is 35.5. The average Bonchev–Trinajstić information content (AvgIpc) is 2.42. The summed E-state index contributed by atoms with van der Waals surface area (Å²) in [6, 6.07) is 15.7. The maximum atomic E-state index is 11.7. The fourth-order valence-electron chi connectivity index (χ4n) is 1.46. The molecule has 0 atom stereocenters. The van der Waals surface area contributed by atoms with E-state index in [1.807, 2.05) is 30.3 Å². The number of amides is 2. The highest BCUT2D eigenvalue weighted by Gasteiger charge is 2.06. The lowest BCUT2D eigenvalue weighted by Gasteiger charge is -2.08. The SMILES string of the molecule is O=C(NC(=S)c1ccccc1)Nc1ccc(Cl)cc1. The van der Waals surface area contributed by atoms with Crippen molar-refractivity contribution in [3.8, 4) is 0 Å². The number of anilines is 1. The molecule has 19 heavy (non-hydrogen) atoms. The number of thiocarbonyl (C=S) groups is 1. The van der Waals surface area contributed by atoms with E-state index in [1.54, 1.807) is 24.3 Å². The molecule has 3 nitrogen and oxygen atoms in total. The van der Waals surface area contributed by atoms with Crippen LogP contribution in [0.3, 0.4) is 0 Å². The fraction of sp³-hybridized carbons (Fsp3) is 0. The number of hydrogen-bond acceptors (Lipinski definition) is 2. The third-order valence-corrected chi connectivity index (χ3v) is 2.95. The van der Waals surface area contributed by atoms with Gasteiger partial charge in [-0.25, -0.2) is 4.79 Å². The second-order valence-corrected chi connectivity index (χ2v) is 4.63. The third kappa shape index (κ3) is 4.05. The Bertz CT molecular complexity index is 584. The van der Waals surface area contributed by atoms with Crippen LogP contribution < -0.4 is 10.6 Å².